The zero-order valence-electron chi connectivity index (χ0n) is 13.9. The summed E-state index contributed by atoms with van der Waals surface area (Å²) in [6.45, 7) is -0.301. The van der Waals surface area contributed by atoms with Crippen molar-refractivity contribution >= 4 is 33.6 Å². The fraction of sp³-hybridized carbons (Fsp3) is 0.211. The molecule has 4 rings (SSSR count). The summed E-state index contributed by atoms with van der Waals surface area (Å²) in [5, 5.41) is 5.39. The van der Waals surface area contributed by atoms with Gasteiger partial charge >= 0.3 is 0 Å². The molecule has 6 heteroatoms. The van der Waals surface area contributed by atoms with E-state index in [4.69, 9.17) is 4.98 Å². The highest BCUT2D eigenvalue weighted by Gasteiger charge is 2.10. The Labute approximate surface area is 144 Å². The fourth-order valence-electron chi connectivity index (χ4n) is 3.03. The second-order valence-electron chi connectivity index (χ2n) is 5.99. The highest BCUT2D eigenvalue weighted by atomic mass is 19.1. The second kappa shape index (κ2) is 6.47. The van der Waals surface area contributed by atoms with Crippen molar-refractivity contribution in [2.24, 2.45) is 7.05 Å². The number of alkyl halides is 1. The van der Waals surface area contributed by atoms with Crippen molar-refractivity contribution in [3.05, 3.63) is 54.5 Å². The lowest BCUT2D eigenvalue weighted by Gasteiger charge is -2.06. The molecule has 0 aliphatic carbocycles. The summed E-state index contributed by atoms with van der Waals surface area (Å²) in [4.78, 5) is 13.3. The van der Waals surface area contributed by atoms with Gasteiger partial charge in [0.15, 0.2) is 0 Å². The Kier molecular flexibility index (Phi) is 4.01. The summed E-state index contributed by atoms with van der Waals surface area (Å²) in [6, 6.07) is 9.83. The molecule has 4 aromatic heterocycles. The molecule has 0 bridgehead atoms. The van der Waals surface area contributed by atoms with E-state index in [1.54, 1.807) is 12.4 Å². The lowest BCUT2D eigenvalue weighted by molar-refractivity contribution is 0.473. The van der Waals surface area contributed by atoms with Gasteiger partial charge in [-0.2, -0.15) is 0 Å². The number of nitrogens with zero attached hydrogens (tertiary/aromatic N) is 4. The van der Waals surface area contributed by atoms with E-state index in [0.717, 1.165) is 39.1 Å². The Hall–Kier alpha value is -3.02. The molecule has 0 aliphatic rings. The van der Waals surface area contributed by atoms with E-state index >= 15 is 0 Å². The molecule has 0 aliphatic heterocycles. The van der Waals surface area contributed by atoms with Crippen LogP contribution in [0.25, 0.3) is 21.9 Å². The van der Waals surface area contributed by atoms with Crippen LogP contribution in [0.3, 0.4) is 0 Å². The number of hydrogen-bond donors (Lipinski definition) is 1. The van der Waals surface area contributed by atoms with Crippen molar-refractivity contribution in [1.82, 2.24) is 19.5 Å². The summed E-state index contributed by atoms with van der Waals surface area (Å²) in [5.74, 6) is 1.45. The molecule has 0 unspecified atom stereocenters. The first-order valence-electron chi connectivity index (χ1n) is 8.23. The van der Waals surface area contributed by atoms with E-state index in [9.17, 15) is 4.39 Å². The zero-order chi connectivity index (χ0) is 17.2. The van der Waals surface area contributed by atoms with Gasteiger partial charge in [0.2, 0.25) is 0 Å². The summed E-state index contributed by atoms with van der Waals surface area (Å²) in [6.07, 6.45) is 6.67. The Bertz CT molecular complexity index is 1020. The molecule has 126 valence electrons. The average Bonchev–Trinajstić information content (AvgIpc) is 2.94. The molecule has 0 saturated carbocycles. The van der Waals surface area contributed by atoms with E-state index in [-0.39, 0.29) is 6.67 Å². The van der Waals surface area contributed by atoms with Crippen molar-refractivity contribution in [2.45, 2.75) is 12.8 Å². The Balaban J connectivity index is 1.63. The highest BCUT2D eigenvalue weighted by Crippen LogP contribution is 2.27. The number of anilines is 2. The first-order chi connectivity index (χ1) is 12.3. The van der Waals surface area contributed by atoms with E-state index < -0.39 is 0 Å². The predicted octanol–water partition coefficient (Wildman–Crippen LogP) is 4.16. The van der Waals surface area contributed by atoms with Crippen LogP contribution in [0.1, 0.15) is 12.0 Å². The lowest BCUT2D eigenvalue weighted by atomic mass is 10.2. The molecule has 1 N–H and O–H groups in total. The molecule has 0 aromatic carbocycles. The van der Waals surface area contributed by atoms with Crippen LogP contribution in [0.15, 0.2) is 48.9 Å². The smallest absolute Gasteiger partial charge is 0.143 e. The number of nitrogens with one attached hydrogen (secondary N) is 1. The van der Waals surface area contributed by atoms with Crippen molar-refractivity contribution in [3.63, 3.8) is 0 Å². The van der Waals surface area contributed by atoms with Gasteiger partial charge < -0.3 is 9.88 Å². The van der Waals surface area contributed by atoms with E-state index in [2.05, 4.69) is 19.9 Å². The molecule has 4 heterocycles. The second-order valence-corrected chi connectivity index (χ2v) is 5.99. The number of aryl methyl sites for hydroxylation is 2. The van der Waals surface area contributed by atoms with E-state index in [1.807, 2.05) is 43.6 Å². The molecule has 4 aromatic rings. The number of hydrogen-bond acceptors (Lipinski definition) is 4. The monoisotopic (exact) mass is 335 g/mol. The van der Waals surface area contributed by atoms with Crippen LogP contribution in [-0.4, -0.2) is 26.2 Å². The largest absolute Gasteiger partial charge is 0.328 e. The molecule has 0 amide bonds. The fourth-order valence-corrected chi connectivity index (χ4v) is 3.03. The van der Waals surface area contributed by atoms with Crippen molar-refractivity contribution in [1.29, 1.82) is 0 Å². The number of pyridine rings is 3. The summed E-state index contributed by atoms with van der Waals surface area (Å²) < 4.78 is 14.3. The molecule has 0 fully saturated rings. The minimum atomic E-state index is -0.301. The van der Waals surface area contributed by atoms with Gasteiger partial charge in [0.25, 0.3) is 0 Å². The molecular formula is C19H18FN5. The van der Waals surface area contributed by atoms with Gasteiger partial charge in [0.1, 0.15) is 17.3 Å². The lowest BCUT2D eigenvalue weighted by Crippen LogP contribution is -1.98. The maximum Gasteiger partial charge on any atom is 0.143 e. The Morgan fingerprint density at radius 2 is 1.92 bits per heavy atom. The summed E-state index contributed by atoms with van der Waals surface area (Å²) >= 11 is 0. The molecule has 0 spiro atoms. The number of rotatable bonds is 5. The normalized spacial score (nSPS) is 11.3. The highest BCUT2D eigenvalue weighted by molar-refractivity contribution is 6.06. The maximum atomic E-state index is 12.2. The van der Waals surface area contributed by atoms with Gasteiger partial charge in [0.05, 0.1) is 12.2 Å². The summed E-state index contributed by atoms with van der Waals surface area (Å²) in [7, 11) is 2.00. The molecule has 0 radical (unpaired) electrons. The molecular weight excluding hydrogens is 317 g/mol. The van der Waals surface area contributed by atoms with Gasteiger partial charge in [-0.3, -0.25) is 9.37 Å². The van der Waals surface area contributed by atoms with Crippen LogP contribution >= 0.6 is 0 Å². The van der Waals surface area contributed by atoms with Crippen molar-refractivity contribution in [2.75, 3.05) is 12.0 Å². The van der Waals surface area contributed by atoms with Crippen LogP contribution in [-0.2, 0) is 13.5 Å². The van der Waals surface area contributed by atoms with Gasteiger partial charge in [-0.15, -0.1) is 0 Å². The standard InChI is InChI=1S/C19H18FN5/c1-25-16-8-10-21-12-15(16)14-5-7-18(24-19(14)25)23-17-6-4-13(11-22-17)3-2-9-20/h4-8,10-12H,2-3,9H2,1H3,(H,22,23,24). The molecule has 0 saturated heterocycles. The SMILES string of the molecule is Cn1c2ccncc2c2ccc(Nc3ccc(CCCF)cn3)nc21. The number of halogens is 1. The minimum absolute atomic E-state index is 0.301. The molecule has 5 nitrogen and oxygen atoms in total. The molecule has 25 heavy (non-hydrogen) atoms. The Morgan fingerprint density at radius 3 is 2.72 bits per heavy atom. The van der Waals surface area contributed by atoms with E-state index in [1.165, 1.54) is 0 Å². The third-order valence-corrected chi connectivity index (χ3v) is 4.32. The Morgan fingerprint density at radius 1 is 1.04 bits per heavy atom. The first kappa shape index (κ1) is 15.5. The van der Waals surface area contributed by atoms with Gasteiger partial charge in [-0.25, -0.2) is 9.97 Å². The van der Waals surface area contributed by atoms with Crippen molar-refractivity contribution in [3.8, 4) is 0 Å². The zero-order valence-corrected chi connectivity index (χ0v) is 13.9. The van der Waals surface area contributed by atoms with Gasteiger partial charge in [-0.05, 0) is 42.7 Å². The number of fused-ring (bicyclic) bond motifs is 3. The van der Waals surface area contributed by atoms with Crippen LogP contribution < -0.4 is 5.32 Å². The van der Waals surface area contributed by atoms with Crippen LogP contribution in [0.5, 0.6) is 0 Å². The third-order valence-electron chi connectivity index (χ3n) is 4.32. The maximum absolute atomic E-state index is 12.2. The quantitative estimate of drug-likeness (QED) is 0.595. The molecule has 0 atom stereocenters. The van der Waals surface area contributed by atoms with Crippen LogP contribution in [0.4, 0.5) is 16.0 Å². The van der Waals surface area contributed by atoms with Crippen LogP contribution in [0, 0.1) is 0 Å². The van der Waals surface area contributed by atoms with E-state index in [0.29, 0.717) is 12.8 Å². The summed E-state index contributed by atoms with van der Waals surface area (Å²) in [5.41, 5.74) is 3.03. The minimum Gasteiger partial charge on any atom is -0.328 e. The third kappa shape index (κ3) is 2.91. The van der Waals surface area contributed by atoms with Crippen LogP contribution in [0.2, 0.25) is 0 Å². The first-order valence-corrected chi connectivity index (χ1v) is 8.23. The van der Waals surface area contributed by atoms with Gasteiger partial charge in [0, 0.05) is 36.4 Å². The number of aromatic nitrogens is 4. The van der Waals surface area contributed by atoms with Gasteiger partial charge in [-0.1, -0.05) is 6.07 Å². The predicted molar refractivity (Wildman–Crippen MR) is 97.8 cm³/mol. The average molecular weight is 335 g/mol. The van der Waals surface area contributed by atoms with Crippen molar-refractivity contribution < 1.29 is 4.39 Å². The topological polar surface area (TPSA) is 55.6 Å².